The van der Waals surface area contributed by atoms with Gasteiger partial charge in [0.25, 0.3) is 0 Å². The lowest BCUT2D eigenvalue weighted by Crippen LogP contribution is -2.61. The molecule has 3 aliphatic heterocycles. The lowest BCUT2D eigenvalue weighted by Gasteiger charge is -2.45. The number of amides is 3. The van der Waals surface area contributed by atoms with Gasteiger partial charge in [-0.3, -0.25) is 19.2 Å². The number of hydrogen-bond acceptors (Lipinski definition) is 7. The number of aliphatic hydroxyl groups excluding tert-OH is 1. The highest BCUT2D eigenvalue weighted by molar-refractivity contribution is 5.98. The Bertz CT molecular complexity index is 1410. The van der Waals surface area contributed by atoms with Crippen molar-refractivity contribution >= 4 is 23.7 Å². The molecule has 282 valence electrons. The summed E-state index contributed by atoms with van der Waals surface area (Å²) in [5.74, 6) is -2.96. The lowest BCUT2D eigenvalue weighted by molar-refractivity contribution is -0.162. The lowest BCUT2D eigenvalue weighted by atomic mass is 9.70. The van der Waals surface area contributed by atoms with Gasteiger partial charge in [-0.2, -0.15) is 0 Å². The van der Waals surface area contributed by atoms with Gasteiger partial charge < -0.3 is 29.7 Å². The van der Waals surface area contributed by atoms with Crippen LogP contribution in [0, 0.1) is 17.3 Å². The number of rotatable bonds is 19. The second-order valence-electron chi connectivity index (χ2n) is 16.5. The smallest absolute Gasteiger partial charge is 0.313 e. The SMILES string of the molecule is C=CCCC(=O)N[C@@H](C)[C@H](OC(=O)[C@@H]1[C@H]2C(=O)N(CCCCCCO)[C@H](C(=O)N(CC=C)C(C)(C)CC(C)(C)C)[C@]23CC[C@H]1O3)c1ccccc1. The van der Waals surface area contributed by atoms with Crippen LogP contribution in [0.3, 0.4) is 0 Å². The number of carbonyl (C=O) groups is 4. The number of unbranched alkanes of at least 4 members (excludes halogenated alkanes) is 3. The van der Waals surface area contributed by atoms with Crippen molar-refractivity contribution in [2.24, 2.45) is 17.3 Å². The zero-order chi connectivity index (χ0) is 37.6. The molecule has 2 N–H and O–H groups in total. The maximum Gasteiger partial charge on any atom is 0.313 e. The third-order valence-electron chi connectivity index (χ3n) is 10.7. The number of nitrogens with zero attached hydrogens (tertiary/aromatic N) is 2. The number of fused-ring (bicyclic) bond motifs is 1. The summed E-state index contributed by atoms with van der Waals surface area (Å²) in [6.07, 6.45) is 7.47. The van der Waals surface area contributed by atoms with E-state index in [1.165, 1.54) is 0 Å². The molecule has 51 heavy (non-hydrogen) atoms. The van der Waals surface area contributed by atoms with E-state index in [2.05, 4.69) is 53.1 Å². The van der Waals surface area contributed by atoms with E-state index >= 15 is 0 Å². The number of ether oxygens (including phenoxy) is 2. The van der Waals surface area contributed by atoms with Crippen molar-refractivity contribution in [2.45, 2.75) is 135 Å². The van der Waals surface area contributed by atoms with Crippen molar-refractivity contribution in [3.05, 3.63) is 61.2 Å². The molecule has 7 atom stereocenters. The number of carbonyl (C=O) groups excluding carboxylic acids is 4. The molecule has 3 amide bonds. The molecule has 3 fully saturated rings. The first-order valence-corrected chi connectivity index (χ1v) is 18.8. The number of likely N-dealkylation sites (tertiary alicyclic amines) is 1. The number of aliphatic hydroxyl groups is 1. The summed E-state index contributed by atoms with van der Waals surface area (Å²) in [6.45, 7) is 20.8. The minimum atomic E-state index is -1.17. The quantitative estimate of drug-likeness (QED) is 0.104. The molecule has 0 radical (unpaired) electrons. The highest BCUT2D eigenvalue weighted by Crippen LogP contribution is 2.59. The predicted molar refractivity (Wildman–Crippen MR) is 197 cm³/mol. The normalized spacial score (nSPS) is 25.2. The minimum absolute atomic E-state index is 0.0728. The van der Waals surface area contributed by atoms with E-state index in [1.54, 1.807) is 24.0 Å². The first-order valence-electron chi connectivity index (χ1n) is 18.8. The molecular weight excluding hydrogens is 646 g/mol. The Hall–Kier alpha value is -3.50. The molecule has 2 bridgehead atoms. The standard InChI is InChI=1S/C41H61N3O7/c1-9-11-21-31(46)42-28(3)34(29-19-15-14-16-20-29)50-38(49)32-30-22-23-41(51-30)33(32)36(47)43(25-17-12-13-18-26-45)35(41)37(48)44(24-10-2)40(7,8)27-39(4,5)6/h9-10,14-16,19-20,28,30,32-35,45H,1-2,11-13,17-18,21-27H2,3-8H3,(H,42,46)/t28-,30+,32-,33-,34-,35+,41-/m0/s1. The molecule has 0 saturated carbocycles. The number of esters is 1. The van der Waals surface area contributed by atoms with Crippen molar-refractivity contribution in [1.29, 1.82) is 0 Å². The van der Waals surface area contributed by atoms with Gasteiger partial charge in [-0.1, -0.05) is 76.1 Å². The first-order chi connectivity index (χ1) is 24.1. The first kappa shape index (κ1) is 40.3. The summed E-state index contributed by atoms with van der Waals surface area (Å²) in [5.41, 5.74) is -1.08. The Kier molecular flexibility index (Phi) is 13.3. The van der Waals surface area contributed by atoms with E-state index < -0.39 is 53.2 Å². The highest BCUT2D eigenvalue weighted by atomic mass is 16.6. The fourth-order valence-corrected chi connectivity index (χ4v) is 8.93. The van der Waals surface area contributed by atoms with Gasteiger partial charge in [0.2, 0.25) is 17.7 Å². The average Bonchev–Trinajstić information content (AvgIpc) is 3.71. The van der Waals surface area contributed by atoms with Gasteiger partial charge in [0.15, 0.2) is 0 Å². The maximum absolute atomic E-state index is 15.0. The Morgan fingerprint density at radius 1 is 1.10 bits per heavy atom. The molecule has 10 heteroatoms. The molecule has 0 aliphatic carbocycles. The molecular formula is C41H61N3O7. The van der Waals surface area contributed by atoms with Crippen molar-refractivity contribution < 1.29 is 33.8 Å². The maximum atomic E-state index is 15.0. The van der Waals surface area contributed by atoms with Gasteiger partial charge in [-0.25, -0.2) is 0 Å². The summed E-state index contributed by atoms with van der Waals surface area (Å²) in [5, 5.41) is 12.3. The van der Waals surface area contributed by atoms with Crippen LogP contribution in [0.1, 0.15) is 111 Å². The van der Waals surface area contributed by atoms with Crippen LogP contribution < -0.4 is 5.32 Å². The van der Waals surface area contributed by atoms with Crippen LogP contribution in [0.4, 0.5) is 0 Å². The molecule has 3 heterocycles. The minimum Gasteiger partial charge on any atom is -0.455 e. The van der Waals surface area contributed by atoms with Crippen LogP contribution in [0.5, 0.6) is 0 Å². The van der Waals surface area contributed by atoms with Gasteiger partial charge in [0.05, 0.1) is 24.0 Å². The number of allylic oxidation sites excluding steroid dienone is 1. The van der Waals surface area contributed by atoms with Gasteiger partial charge in [0.1, 0.15) is 17.7 Å². The molecule has 0 aromatic heterocycles. The zero-order valence-corrected chi connectivity index (χ0v) is 31.7. The van der Waals surface area contributed by atoms with Crippen molar-refractivity contribution in [1.82, 2.24) is 15.1 Å². The van der Waals surface area contributed by atoms with Crippen molar-refractivity contribution in [2.75, 3.05) is 19.7 Å². The third kappa shape index (κ3) is 8.94. The van der Waals surface area contributed by atoms with Crippen LogP contribution in [0.2, 0.25) is 0 Å². The Morgan fingerprint density at radius 3 is 2.41 bits per heavy atom. The van der Waals surface area contributed by atoms with Gasteiger partial charge in [-0.15, -0.1) is 13.2 Å². The number of benzene rings is 1. The van der Waals surface area contributed by atoms with E-state index in [-0.39, 0.29) is 36.2 Å². The summed E-state index contributed by atoms with van der Waals surface area (Å²) in [7, 11) is 0. The topological polar surface area (TPSA) is 125 Å². The molecule has 1 aromatic rings. The van der Waals surface area contributed by atoms with E-state index in [4.69, 9.17) is 9.47 Å². The summed E-state index contributed by atoms with van der Waals surface area (Å²) >= 11 is 0. The molecule has 1 aromatic carbocycles. The molecule has 3 saturated heterocycles. The second kappa shape index (κ2) is 16.9. The Morgan fingerprint density at radius 2 is 1.78 bits per heavy atom. The number of hydrogen-bond donors (Lipinski definition) is 2. The molecule has 3 aliphatic rings. The predicted octanol–water partition coefficient (Wildman–Crippen LogP) is 5.90. The summed E-state index contributed by atoms with van der Waals surface area (Å²) < 4.78 is 13.0. The van der Waals surface area contributed by atoms with Crippen molar-refractivity contribution in [3.63, 3.8) is 0 Å². The van der Waals surface area contributed by atoms with Crippen molar-refractivity contribution in [3.8, 4) is 0 Å². The molecule has 10 nitrogen and oxygen atoms in total. The largest absolute Gasteiger partial charge is 0.455 e. The molecule has 0 unspecified atom stereocenters. The fourth-order valence-electron chi connectivity index (χ4n) is 8.93. The van der Waals surface area contributed by atoms with E-state index in [0.717, 1.165) is 24.8 Å². The van der Waals surface area contributed by atoms with Gasteiger partial charge in [-0.05, 0) is 70.3 Å². The summed E-state index contributed by atoms with van der Waals surface area (Å²) in [6, 6.07) is 7.82. The molecule has 4 rings (SSSR count). The van der Waals surface area contributed by atoms with E-state index in [9.17, 15) is 24.3 Å². The van der Waals surface area contributed by atoms with Gasteiger partial charge >= 0.3 is 5.97 Å². The fraction of sp³-hybridized carbons (Fsp3) is 0.659. The van der Waals surface area contributed by atoms with Crippen LogP contribution in [-0.2, 0) is 28.7 Å². The molecule has 1 spiro atoms. The van der Waals surface area contributed by atoms with Crippen LogP contribution in [-0.4, -0.2) is 87.6 Å². The number of nitrogens with one attached hydrogen (secondary N) is 1. The summed E-state index contributed by atoms with van der Waals surface area (Å²) in [4.78, 5) is 60.3. The monoisotopic (exact) mass is 707 g/mol. The van der Waals surface area contributed by atoms with Crippen LogP contribution in [0.15, 0.2) is 55.6 Å². The van der Waals surface area contributed by atoms with Crippen LogP contribution >= 0.6 is 0 Å². The van der Waals surface area contributed by atoms with E-state index in [1.807, 2.05) is 35.2 Å². The average molecular weight is 708 g/mol. The Labute approximate surface area is 305 Å². The zero-order valence-electron chi connectivity index (χ0n) is 31.7. The Balaban J connectivity index is 1.69. The second-order valence-corrected chi connectivity index (χ2v) is 16.5. The third-order valence-corrected chi connectivity index (χ3v) is 10.7. The van der Waals surface area contributed by atoms with Gasteiger partial charge in [0, 0.05) is 31.7 Å². The van der Waals surface area contributed by atoms with E-state index in [0.29, 0.717) is 45.2 Å². The highest BCUT2D eigenvalue weighted by Gasteiger charge is 2.75. The van der Waals surface area contributed by atoms with Crippen LogP contribution in [0.25, 0.3) is 0 Å².